The van der Waals surface area contributed by atoms with Crippen molar-refractivity contribution in [3.8, 4) is 0 Å². The van der Waals surface area contributed by atoms with Gasteiger partial charge in [0.2, 0.25) is 0 Å². The Labute approximate surface area is 68.7 Å². The summed E-state index contributed by atoms with van der Waals surface area (Å²) in [5.74, 6) is -0.865. The number of carboxylic acids is 1. The van der Waals surface area contributed by atoms with Crippen LogP contribution in [-0.4, -0.2) is 16.1 Å². The van der Waals surface area contributed by atoms with Gasteiger partial charge in [0.25, 0.3) is 0 Å². The maximum absolute atomic E-state index is 10.5. The van der Waals surface area contributed by atoms with Crippen LogP contribution in [0.2, 0.25) is 0 Å². The number of hydrogen-bond acceptors (Lipinski definition) is 3. The zero-order chi connectivity index (χ0) is 8.27. The van der Waals surface area contributed by atoms with Crippen LogP contribution in [0.1, 0.15) is 28.7 Å². The summed E-state index contributed by atoms with van der Waals surface area (Å²) in [5.41, 5.74) is 2.29. The number of rotatable bonds is 3. The minimum absolute atomic E-state index is 0.381. The number of hydrogen-bond donors (Lipinski definition) is 1. The van der Waals surface area contributed by atoms with Gasteiger partial charge in [0.05, 0.1) is 11.2 Å². The first-order valence-electron chi connectivity index (χ1n) is 3.41. The molecule has 0 saturated heterocycles. The van der Waals surface area contributed by atoms with E-state index in [-0.39, 0.29) is 0 Å². The Hall–Kier alpha value is -0.900. The molecule has 0 atom stereocenters. The first-order valence-corrected chi connectivity index (χ1v) is 4.29. The molecule has 11 heavy (non-hydrogen) atoms. The third-order valence-corrected chi connectivity index (χ3v) is 2.18. The molecule has 0 radical (unpaired) electrons. The zero-order valence-electron chi connectivity index (χ0n) is 6.20. The van der Waals surface area contributed by atoms with Gasteiger partial charge in [-0.25, -0.2) is 9.78 Å². The van der Waals surface area contributed by atoms with E-state index in [9.17, 15) is 4.79 Å². The van der Waals surface area contributed by atoms with Crippen molar-refractivity contribution >= 4 is 17.3 Å². The topological polar surface area (TPSA) is 50.2 Å². The molecule has 1 N–H and O–H groups in total. The predicted molar refractivity (Wildman–Crippen MR) is 43.1 cm³/mol. The van der Waals surface area contributed by atoms with E-state index in [1.165, 1.54) is 11.3 Å². The number of carbonyl (C=O) groups is 1. The molecule has 3 nitrogen and oxygen atoms in total. The van der Waals surface area contributed by atoms with Crippen LogP contribution in [0.15, 0.2) is 5.51 Å². The van der Waals surface area contributed by atoms with Crippen molar-refractivity contribution in [3.05, 3.63) is 16.1 Å². The highest BCUT2D eigenvalue weighted by Gasteiger charge is 2.11. The lowest BCUT2D eigenvalue weighted by molar-refractivity contribution is 0.0701. The average molecular weight is 171 g/mol. The van der Waals surface area contributed by atoms with Gasteiger partial charge in [-0.1, -0.05) is 13.3 Å². The summed E-state index contributed by atoms with van der Waals surface area (Å²) in [5, 5.41) is 8.65. The third kappa shape index (κ3) is 1.77. The Morgan fingerprint density at radius 3 is 3.09 bits per heavy atom. The molecule has 0 unspecified atom stereocenters. The van der Waals surface area contributed by atoms with E-state index < -0.39 is 5.97 Å². The number of aromatic nitrogens is 1. The minimum atomic E-state index is -0.865. The molecule has 0 aliphatic rings. The second-order valence-corrected chi connectivity index (χ2v) is 3.04. The second-order valence-electron chi connectivity index (χ2n) is 2.18. The predicted octanol–water partition coefficient (Wildman–Crippen LogP) is 1.79. The van der Waals surface area contributed by atoms with Gasteiger partial charge < -0.3 is 5.11 Å². The molecule has 60 valence electrons. The summed E-state index contributed by atoms with van der Waals surface area (Å²) in [7, 11) is 0. The second kappa shape index (κ2) is 3.48. The summed E-state index contributed by atoms with van der Waals surface area (Å²) >= 11 is 1.19. The van der Waals surface area contributed by atoms with E-state index in [1.807, 2.05) is 6.92 Å². The normalized spacial score (nSPS) is 9.91. The van der Waals surface area contributed by atoms with Crippen LogP contribution in [0.25, 0.3) is 0 Å². The lowest BCUT2D eigenvalue weighted by Gasteiger charge is -1.92. The molecular weight excluding hydrogens is 162 g/mol. The molecule has 1 heterocycles. The number of aryl methyl sites for hydroxylation is 1. The Morgan fingerprint density at radius 2 is 2.55 bits per heavy atom. The molecule has 1 rings (SSSR count). The average Bonchev–Trinajstić information content (AvgIpc) is 2.36. The van der Waals surface area contributed by atoms with E-state index >= 15 is 0 Å². The Bertz CT molecular complexity index is 257. The lowest BCUT2D eigenvalue weighted by atomic mass is 10.2. The van der Waals surface area contributed by atoms with Crippen LogP contribution in [-0.2, 0) is 6.42 Å². The summed E-state index contributed by atoms with van der Waals surface area (Å²) in [6.45, 7) is 2.00. The van der Waals surface area contributed by atoms with Crippen molar-refractivity contribution in [3.63, 3.8) is 0 Å². The monoisotopic (exact) mass is 171 g/mol. The fraction of sp³-hybridized carbons (Fsp3) is 0.429. The zero-order valence-corrected chi connectivity index (χ0v) is 7.02. The molecular formula is C7H9NO2S. The Balaban J connectivity index is 2.87. The maximum atomic E-state index is 10.5. The summed E-state index contributed by atoms with van der Waals surface area (Å²) in [6.07, 6.45) is 1.69. The first-order chi connectivity index (χ1) is 5.25. The summed E-state index contributed by atoms with van der Waals surface area (Å²) in [4.78, 5) is 14.9. The quantitative estimate of drug-likeness (QED) is 0.754. The van der Waals surface area contributed by atoms with E-state index in [0.29, 0.717) is 10.6 Å². The van der Waals surface area contributed by atoms with Crippen molar-refractivity contribution in [2.75, 3.05) is 0 Å². The molecule has 0 fully saturated rings. The molecule has 1 aromatic rings. The SMILES string of the molecule is CCCc1ncsc1C(=O)O. The van der Waals surface area contributed by atoms with Gasteiger partial charge in [-0.2, -0.15) is 0 Å². The van der Waals surface area contributed by atoms with Gasteiger partial charge in [0.1, 0.15) is 4.88 Å². The van der Waals surface area contributed by atoms with E-state index in [2.05, 4.69) is 4.98 Å². The van der Waals surface area contributed by atoms with Crippen LogP contribution < -0.4 is 0 Å². The fourth-order valence-corrected chi connectivity index (χ4v) is 1.54. The number of nitrogens with zero attached hydrogens (tertiary/aromatic N) is 1. The highest BCUT2D eigenvalue weighted by Crippen LogP contribution is 2.14. The first kappa shape index (κ1) is 8.20. The van der Waals surface area contributed by atoms with Gasteiger partial charge in [-0.3, -0.25) is 0 Å². The molecule has 0 saturated carbocycles. The van der Waals surface area contributed by atoms with E-state index in [0.717, 1.165) is 12.8 Å². The molecule has 0 amide bonds. The largest absolute Gasteiger partial charge is 0.477 e. The molecule has 1 aromatic heterocycles. The molecule has 0 aromatic carbocycles. The number of carboxylic acid groups (broad SMARTS) is 1. The minimum Gasteiger partial charge on any atom is -0.477 e. The number of aromatic carboxylic acids is 1. The van der Waals surface area contributed by atoms with Gasteiger partial charge >= 0.3 is 5.97 Å². The van der Waals surface area contributed by atoms with E-state index in [4.69, 9.17) is 5.11 Å². The smallest absolute Gasteiger partial charge is 0.347 e. The van der Waals surface area contributed by atoms with Crippen LogP contribution in [0, 0.1) is 0 Å². The molecule has 0 aliphatic carbocycles. The van der Waals surface area contributed by atoms with E-state index in [1.54, 1.807) is 5.51 Å². The Morgan fingerprint density at radius 1 is 1.82 bits per heavy atom. The van der Waals surface area contributed by atoms with Crippen LogP contribution in [0.3, 0.4) is 0 Å². The lowest BCUT2D eigenvalue weighted by Crippen LogP contribution is -1.98. The molecule has 0 aliphatic heterocycles. The van der Waals surface area contributed by atoms with Gasteiger partial charge in [0.15, 0.2) is 0 Å². The maximum Gasteiger partial charge on any atom is 0.347 e. The standard InChI is InChI=1S/C7H9NO2S/c1-2-3-5-6(7(9)10)11-4-8-5/h4H,2-3H2,1H3,(H,9,10). The van der Waals surface area contributed by atoms with Crippen LogP contribution in [0.4, 0.5) is 0 Å². The third-order valence-electron chi connectivity index (χ3n) is 1.32. The van der Waals surface area contributed by atoms with Gasteiger partial charge in [-0.05, 0) is 6.42 Å². The van der Waals surface area contributed by atoms with Gasteiger partial charge in [-0.15, -0.1) is 11.3 Å². The molecule has 0 bridgehead atoms. The van der Waals surface area contributed by atoms with Crippen molar-refractivity contribution in [1.29, 1.82) is 0 Å². The highest BCUT2D eigenvalue weighted by atomic mass is 32.1. The van der Waals surface area contributed by atoms with Crippen molar-refractivity contribution in [2.24, 2.45) is 0 Å². The Kier molecular flexibility index (Phi) is 2.59. The van der Waals surface area contributed by atoms with Crippen molar-refractivity contribution in [1.82, 2.24) is 4.98 Å². The molecule has 4 heteroatoms. The van der Waals surface area contributed by atoms with Gasteiger partial charge in [0, 0.05) is 0 Å². The summed E-state index contributed by atoms with van der Waals surface area (Å²) in [6, 6.07) is 0. The highest BCUT2D eigenvalue weighted by molar-refractivity contribution is 7.11. The van der Waals surface area contributed by atoms with Crippen molar-refractivity contribution in [2.45, 2.75) is 19.8 Å². The van der Waals surface area contributed by atoms with Crippen LogP contribution in [0.5, 0.6) is 0 Å². The fourth-order valence-electron chi connectivity index (χ4n) is 0.858. The van der Waals surface area contributed by atoms with Crippen LogP contribution >= 0.6 is 11.3 Å². The summed E-state index contributed by atoms with van der Waals surface area (Å²) < 4.78 is 0. The van der Waals surface area contributed by atoms with Crippen molar-refractivity contribution < 1.29 is 9.90 Å². The molecule has 0 spiro atoms. The number of thiazole rings is 1.